The first kappa shape index (κ1) is 20.5. The molecule has 2 aromatic carbocycles. The van der Waals surface area contributed by atoms with Gasteiger partial charge in [-0.2, -0.15) is 0 Å². The summed E-state index contributed by atoms with van der Waals surface area (Å²) >= 11 is 12.6. The lowest BCUT2D eigenvalue weighted by Crippen LogP contribution is -2.31. The van der Waals surface area contributed by atoms with Crippen LogP contribution in [0.4, 0.5) is 0 Å². The van der Waals surface area contributed by atoms with E-state index in [1.165, 1.54) is 7.11 Å². The smallest absolute Gasteiger partial charge is 0.338 e. The number of pyridine rings is 1. The summed E-state index contributed by atoms with van der Waals surface area (Å²) in [6.45, 7) is 3.73. The number of esters is 1. The fourth-order valence-electron chi connectivity index (χ4n) is 3.46. The van der Waals surface area contributed by atoms with Crippen molar-refractivity contribution >= 4 is 34.7 Å². The van der Waals surface area contributed by atoms with Gasteiger partial charge in [-0.1, -0.05) is 53.5 Å². The van der Waals surface area contributed by atoms with Crippen molar-refractivity contribution in [3.63, 3.8) is 0 Å². The van der Waals surface area contributed by atoms with Crippen molar-refractivity contribution < 1.29 is 14.3 Å². The van der Waals surface area contributed by atoms with Crippen molar-refractivity contribution in [2.24, 2.45) is 0 Å². The normalized spacial score (nSPS) is 14.4. The monoisotopic (exact) mass is 439 g/mol. The predicted molar refractivity (Wildman–Crippen MR) is 120 cm³/mol. The molecule has 0 bridgehead atoms. The lowest BCUT2D eigenvalue weighted by atomic mass is 9.92. The van der Waals surface area contributed by atoms with E-state index in [1.807, 2.05) is 68.4 Å². The SMILES string of the molecule is COC(=O)C1=CC(C)(C)Oc2nc(-c3ccccc3Cl)c(-c3ccc(Cl)cc3)cc21. The predicted octanol–water partition coefficient (Wildman–Crippen LogP) is 6.45. The highest BCUT2D eigenvalue weighted by atomic mass is 35.5. The minimum Gasteiger partial charge on any atom is -0.467 e. The molecule has 0 radical (unpaired) electrons. The Morgan fingerprint density at radius 3 is 2.37 bits per heavy atom. The molecule has 0 saturated carbocycles. The number of nitrogens with zero attached hydrogens (tertiary/aromatic N) is 1. The molecule has 0 N–H and O–H groups in total. The number of methoxy groups -OCH3 is 1. The molecule has 30 heavy (non-hydrogen) atoms. The number of fused-ring (bicyclic) bond motifs is 1. The number of aromatic nitrogens is 1. The standard InChI is InChI=1S/C24H19Cl2NO3/c1-24(2)13-19(23(28)29-3)18-12-17(14-8-10-15(25)11-9-14)21(27-22(18)30-24)16-6-4-5-7-20(16)26/h4-13H,1-3H3. The zero-order valence-electron chi connectivity index (χ0n) is 16.7. The molecule has 0 amide bonds. The molecule has 2 heterocycles. The van der Waals surface area contributed by atoms with Gasteiger partial charge in [0.25, 0.3) is 0 Å². The van der Waals surface area contributed by atoms with Crippen molar-refractivity contribution in [2.45, 2.75) is 19.4 Å². The molecule has 1 aliphatic rings. The maximum absolute atomic E-state index is 12.5. The van der Waals surface area contributed by atoms with Crippen LogP contribution in [-0.4, -0.2) is 23.7 Å². The van der Waals surface area contributed by atoms with E-state index < -0.39 is 11.6 Å². The number of hydrogen-bond donors (Lipinski definition) is 0. The maximum atomic E-state index is 12.5. The minimum absolute atomic E-state index is 0.357. The summed E-state index contributed by atoms with van der Waals surface area (Å²) in [5.74, 6) is -0.0856. The molecule has 152 valence electrons. The molecule has 1 aromatic heterocycles. The first-order valence-electron chi connectivity index (χ1n) is 9.35. The van der Waals surface area contributed by atoms with Crippen LogP contribution in [0.5, 0.6) is 5.88 Å². The third-order valence-corrected chi connectivity index (χ3v) is 5.40. The highest BCUT2D eigenvalue weighted by molar-refractivity contribution is 6.33. The second-order valence-electron chi connectivity index (χ2n) is 7.48. The first-order chi connectivity index (χ1) is 14.3. The van der Waals surface area contributed by atoms with E-state index in [1.54, 1.807) is 6.08 Å². The van der Waals surface area contributed by atoms with Crippen LogP contribution in [0.25, 0.3) is 28.0 Å². The molecule has 4 nitrogen and oxygen atoms in total. The number of halogens is 2. The van der Waals surface area contributed by atoms with Gasteiger partial charge in [0, 0.05) is 21.2 Å². The molecule has 1 aliphatic heterocycles. The minimum atomic E-state index is -0.719. The molecular weight excluding hydrogens is 421 g/mol. The third kappa shape index (κ3) is 3.81. The van der Waals surface area contributed by atoms with Gasteiger partial charge in [0.05, 0.1) is 23.9 Å². The van der Waals surface area contributed by atoms with Gasteiger partial charge < -0.3 is 9.47 Å². The summed E-state index contributed by atoms with van der Waals surface area (Å²) < 4.78 is 11.1. The molecule has 4 rings (SSSR count). The Labute approximate surface area is 185 Å². The second kappa shape index (κ2) is 7.78. The van der Waals surface area contributed by atoms with Crippen LogP contribution in [0.1, 0.15) is 19.4 Å². The van der Waals surface area contributed by atoms with E-state index in [-0.39, 0.29) is 0 Å². The van der Waals surface area contributed by atoms with Gasteiger partial charge >= 0.3 is 5.97 Å². The van der Waals surface area contributed by atoms with Crippen LogP contribution in [0.3, 0.4) is 0 Å². The van der Waals surface area contributed by atoms with Crippen LogP contribution in [0.15, 0.2) is 60.7 Å². The number of hydrogen-bond acceptors (Lipinski definition) is 4. The molecular formula is C24H19Cl2NO3. The van der Waals surface area contributed by atoms with Crippen LogP contribution in [0.2, 0.25) is 10.0 Å². The Balaban J connectivity index is 2.02. The molecule has 0 aliphatic carbocycles. The van der Waals surface area contributed by atoms with Gasteiger partial charge in [0.15, 0.2) is 0 Å². The maximum Gasteiger partial charge on any atom is 0.338 e. The largest absolute Gasteiger partial charge is 0.467 e. The topological polar surface area (TPSA) is 48.4 Å². The number of carbonyl (C=O) groups excluding carboxylic acids is 1. The van der Waals surface area contributed by atoms with Crippen molar-refractivity contribution in [3.05, 3.63) is 76.3 Å². The summed E-state index contributed by atoms with van der Waals surface area (Å²) in [5.41, 5.74) is 3.38. The lowest BCUT2D eigenvalue weighted by Gasteiger charge is -2.30. The summed E-state index contributed by atoms with van der Waals surface area (Å²) in [7, 11) is 1.36. The van der Waals surface area contributed by atoms with E-state index in [0.717, 1.165) is 16.7 Å². The van der Waals surface area contributed by atoms with Gasteiger partial charge in [-0.25, -0.2) is 9.78 Å². The molecule has 3 aromatic rings. The van der Waals surface area contributed by atoms with Crippen LogP contribution in [0, 0.1) is 0 Å². The Morgan fingerprint density at radius 2 is 1.70 bits per heavy atom. The third-order valence-electron chi connectivity index (χ3n) is 4.82. The highest BCUT2D eigenvalue weighted by Gasteiger charge is 2.33. The second-order valence-corrected chi connectivity index (χ2v) is 8.32. The van der Waals surface area contributed by atoms with Gasteiger partial charge in [0.2, 0.25) is 5.88 Å². The molecule has 0 saturated heterocycles. The average molecular weight is 440 g/mol. The lowest BCUT2D eigenvalue weighted by molar-refractivity contribution is -0.133. The van der Waals surface area contributed by atoms with Crippen molar-refractivity contribution in [3.8, 4) is 28.3 Å². The Hall–Kier alpha value is -2.82. The van der Waals surface area contributed by atoms with Gasteiger partial charge in [-0.15, -0.1) is 0 Å². The van der Waals surface area contributed by atoms with E-state index in [9.17, 15) is 4.79 Å². The zero-order valence-corrected chi connectivity index (χ0v) is 18.2. The average Bonchev–Trinajstić information content (AvgIpc) is 2.72. The summed E-state index contributed by atoms with van der Waals surface area (Å²) in [6.07, 6.45) is 1.75. The molecule has 0 atom stereocenters. The van der Waals surface area contributed by atoms with E-state index in [0.29, 0.717) is 32.8 Å². The van der Waals surface area contributed by atoms with E-state index in [4.69, 9.17) is 37.7 Å². The molecule has 0 unspecified atom stereocenters. The molecule has 6 heteroatoms. The summed E-state index contributed by atoms with van der Waals surface area (Å²) in [6, 6.07) is 16.8. The number of rotatable bonds is 3. The quantitative estimate of drug-likeness (QED) is 0.439. The van der Waals surface area contributed by atoms with E-state index in [2.05, 4.69) is 0 Å². The van der Waals surface area contributed by atoms with Crippen molar-refractivity contribution in [1.82, 2.24) is 4.98 Å². The summed E-state index contributed by atoms with van der Waals surface area (Å²) in [5, 5.41) is 1.20. The van der Waals surface area contributed by atoms with Crippen LogP contribution in [-0.2, 0) is 9.53 Å². The van der Waals surface area contributed by atoms with E-state index >= 15 is 0 Å². The van der Waals surface area contributed by atoms with Crippen molar-refractivity contribution in [2.75, 3.05) is 7.11 Å². The Bertz CT molecular complexity index is 1170. The van der Waals surface area contributed by atoms with Crippen molar-refractivity contribution in [1.29, 1.82) is 0 Å². The number of carbonyl (C=O) groups is 1. The van der Waals surface area contributed by atoms with Gasteiger partial charge in [0.1, 0.15) is 5.60 Å². The fourth-order valence-corrected chi connectivity index (χ4v) is 3.81. The van der Waals surface area contributed by atoms with Crippen LogP contribution >= 0.6 is 23.2 Å². The molecule has 0 spiro atoms. The number of ether oxygens (including phenoxy) is 2. The zero-order chi connectivity index (χ0) is 21.5. The first-order valence-corrected chi connectivity index (χ1v) is 10.1. The van der Waals surface area contributed by atoms with Gasteiger partial charge in [-0.3, -0.25) is 0 Å². The molecule has 0 fully saturated rings. The number of benzene rings is 2. The van der Waals surface area contributed by atoms with Crippen LogP contribution < -0.4 is 4.74 Å². The Kier molecular flexibility index (Phi) is 5.31. The highest BCUT2D eigenvalue weighted by Crippen LogP contribution is 2.43. The summed E-state index contributed by atoms with van der Waals surface area (Å²) in [4.78, 5) is 17.3. The fraction of sp³-hybridized carbons (Fsp3) is 0.167. The van der Waals surface area contributed by atoms with Gasteiger partial charge in [-0.05, 0) is 49.8 Å². The Morgan fingerprint density at radius 1 is 1.00 bits per heavy atom.